The molecule has 3 nitrogen and oxygen atoms in total. The summed E-state index contributed by atoms with van der Waals surface area (Å²) in [7, 11) is 0. The maximum absolute atomic E-state index is 4.49. The van der Waals surface area contributed by atoms with Crippen LogP contribution in [0.15, 0.2) is 83.6 Å². The fraction of sp³-hybridized carbons (Fsp3) is 0.167. The lowest BCUT2D eigenvalue weighted by Crippen LogP contribution is -2.11. The van der Waals surface area contributed by atoms with Crippen molar-refractivity contribution in [1.29, 1.82) is 0 Å². The van der Waals surface area contributed by atoms with Crippen LogP contribution >= 0.6 is 15.9 Å². The number of hydrogen-bond donors (Lipinski definition) is 0. The Bertz CT molecular complexity index is 1090. The van der Waals surface area contributed by atoms with Crippen LogP contribution in [0.4, 0.5) is 0 Å². The van der Waals surface area contributed by atoms with Gasteiger partial charge in [-0.15, -0.1) is 10.2 Å². The molecule has 28 heavy (non-hydrogen) atoms. The van der Waals surface area contributed by atoms with E-state index in [1.807, 2.05) is 16.7 Å². The predicted molar refractivity (Wildman–Crippen MR) is 119 cm³/mol. The van der Waals surface area contributed by atoms with E-state index < -0.39 is 0 Å². The molecule has 0 bridgehead atoms. The van der Waals surface area contributed by atoms with Gasteiger partial charge in [0, 0.05) is 11.3 Å². The Morgan fingerprint density at radius 3 is 1.96 bits per heavy atom. The second-order valence-electron chi connectivity index (χ2n) is 7.84. The van der Waals surface area contributed by atoms with Crippen molar-refractivity contribution in [2.75, 3.05) is 0 Å². The van der Waals surface area contributed by atoms with Gasteiger partial charge in [-0.25, -0.2) is 0 Å². The van der Waals surface area contributed by atoms with Crippen molar-refractivity contribution in [2.24, 2.45) is 0 Å². The molecule has 0 amide bonds. The van der Waals surface area contributed by atoms with E-state index in [2.05, 4.69) is 114 Å². The van der Waals surface area contributed by atoms with E-state index in [9.17, 15) is 0 Å². The maximum atomic E-state index is 4.49. The zero-order valence-corrected chi connectivity index (χ0v) is 17.8. The lowest BCUT2D eigenvalue weighted by Gasteiger charge is -2.19. The van der Waals surface area contributed by atoms with Crippen LogP contribution in [0.25, 0.3) is 28.2 Å². The molecule has 0 saturated heterocycles. The van der Waals surface area contributed by atoms with Gasteiger partial charge in [-0.3, -0.25) is 4.57 Å². The van der Waals surface area contributed by atoms with Gasteiger partial charge in [-0.1, -0.05) is 87.5 Å². The quantitative estimate of drug-likeness (QED) is 0.362. The van der Waals surface area contributed by atoms with E-state index >= 15 is 0 Å². The topological polar surface area (TPSA) is 30.7 Å². The minimum absolute atomic E-state index is 0.117. The summed E-state index contributed by atoms with van der Waals surface area (Å²) in [6.45, 7) is 6.66. The van der Waals surface area contributed by atoms with Gasteiger partial charge in [-0.05, 0) is 50.2 Å². The first kappa shape index (κ1) is 18.6. The summed E-state index contributed by atoms with van der Waals surface area (Å²) in [4.78, 5) is 0. The molecule has 4 rings (SSSR count). The van der Waals surface area contributed by atoms with Crippen LogP contribution < -0.4 is 0 Å². The van der Waals surface area contributed by atoms with Gasteiger partial charge in [0.15, 0.2) is 5.82 Å². The van der Waals surface area contributed by atoms with Crippen molar-refractivity contribution in [2.45, 2.75) is 26.2 Å². The SMILES string of the molecule is CC(C)(C)c1ccc(-n2c(Br)nnc2-c2ccccc2-c2ccccc2)cc1. The first-order chi connectivity index (χ1) is 13.4. The highest BCUT2D eigenvalue weighted by Gasteiger charge is 2.18. The van der Waals surface area contributed by atoms with Crippen LogP contribution in [0.3, 0.4) is 0 Å². The zero-order chi connectivity index (χ0) is 19.7. The zero-order valence-electron chi connectivity index (χ0n) is 16.2. The van der Waals surface area contributed by atoms with Crippen molar-refractivity contribution in [1.82, 2.24) is 14.8 Å². The molecule has 0 saturated carbocycles. The summed E-state index contributed by atoms with van der Waals surface area (Å²) < 4.78 is 2.74. The smallest absolute Gasteiger partial charge is 0.205 e. The molecule has 1 heterocycles. The number of benzene rings is 3. The molecule has 3 aromatic carbocycles. The Morgan fingerprint density at radius 1 is 0.714 bits per heavy atom. The number of halogens is 1. The summed E-state index contributed by atoms with van der Waals surface area (Å²) in [5.41, 5.74) is 5.79. The predicted octanol–water partition coefficient (Wildman–Crippen LogP) is 6.66. The van der Waals surface area contributed by atoms with Crippen molar-refractivity contribution in [3.05, 3.63) is 89.2 Å². The van der Waals surface area contributed by atoms with Gasteiger partial charge in [0.25, 0.3) is 0 Å². The molecule has 0 aliphatic heterocycles. The summed E-state index contributed by atoms with van der Waals surface area (Å²) >= 11 is 3.58. The largest absolute Gasteiger partial charge is 0.270 e. The molecule has 0 N–H and O–H groups in total. The molecule has 0 spiro atoms. The molecule has 4 aromatic rings. The Kier molecular flexibility index (Phi) is 4.90. The van der Waals surface area contributed by atoms with Crippen LogP contribution in [-0.4, -0.2) is 14.8 Å². The van der Waals surface area contributed by atoms with Crippen molar-refractivity contribution >= 4 is 15.9 Å². The van der Waals surface area contributed by atoms with Gasteiger partial charge in [0.05, 0.1) is 0 Å². The summed E-state index contributed by atoms with van der Waals surface area (Å²) in [6.07, 6.45) is 0. The molecular formula is C24H22BrN3. The molecule has 0 fully saturated rings. The Morgan fingerprint density at radius 2 is 1.32 bits per heavy atom. The summed E-state index contributed by atoms with van der Waals surface area (Å²) in [5, 5.41) is 8.79. The maximum Gasteiger partial charge on any atom is 0.205 e. The molecule has 0 atom stereocenters. The lowest BCUT2D eigenvalue weighted by atomic mass is 9.87. The molecule has 0 radical (unpaired) electrons. The van der Waals surface area contributed by atoms with Gasteiger partial charge in [-0.2, -0.15) is 0 Å². The van der Waals surface area contributed by atoms with Crippen LogP contribution in [0.5, 0.6) is 0 Å². The molecule has 140 valence electrons. The number of nitrogens with zero attached hydrogens (tertiary/aromatic N) is 3. The molecule has 0 unspecified atom stereocenters. The van der Waals surface area contributed by atoms with E-state index in [1.54, 1.807) is 0 Å². The minimum Gasteiger partial charge on any atom is -0.270 e. The average molecular weight is 432 g/mol. The van der Waals surface area contributed by atoms with E-state index in [0.29, 0.717) is 4.73 Å². The highest BCUT2D eigenvalue weighted by molar-refractivity contribution is 9.10. The Balaban J connectivity index is 1.85. The molecular weight excluding hydrogens is 410 g/mol. The lowest BCUT2D eigenvalue weighted by molar-refractivity contribution is 0.590. The number of aromatic nitrogens is 3. The Hall–Kier alpha value is -2.72. The summed E-state index contributed by atoms with van der Waals surface area (Å²) in [6, 6.07) is 27.3. The van der Waals surface area contributed by atoms with Gasteiger partial charge < -0.3 is 0 Å². The number of rotatable bonds is 3. The van der Waals surface area contributed by atoms with Gasteiger partial charge in [0.2, 0.25) is 4.73 Å². The van der Waals surface area contributed by atoms with Crippen LogP contribution in [-0.2, 0) is 5.41 Å². The fourth-order valence-electron chi connectivity index (χ4n) is 3.33. The number of hydrogen-bond acceptors (Lipinski definition) is 2. The second-order valence-corrected chi connectivity index (χ2v) is 8.55. The van der Waals surface area contributed by atoms with E-state index in [-0.39, 0.29) is 5.41 Å². The van der Waals surface area contributed by atoms with Crippen LogP contribution in [0.2, 0.25) is 0 Å². The van der Waals surface area contributed by atoms with Crippen LogP contribution in [0, 0.1) is 0 Å². The minimum atomic E-state index is 0.117. The third kappa shape index (κ3) is 3.52. The molecule has 1 aromatic heterocycles. The summed E-state index contributed by atoms with van der Waals surface area (Å²) in [5.74, 6) is 0.815. The molecule has 0 aliphatic carbocycles. The standard InChI is InChI=1S/C24H22BrN3/c1-24(2,3)18-13-15-19(16-14-18)28-22(26-27-23(28)25)21-12-8-7-11-20(21)17-9-5-4-6-10-17/h4-16H,1-3H3. The third-order valence-electron chi connectivity index (χ3n) is 4.87. The first-order valence-electron chi connectivity index (χ1n) is 9.32. The highest BCUT2D eigenvalue weighted by Crippen LogP contribution is 2.34. The second kappa shape index (κ2) is 7.36. The normalized spacial score (nSPS) is 11.6. The third-order valence-corrected chi connectivity index (χ3v) is 5.38. The van der Waals surface area contributed by atoms with Gasteiger partial charge in [0.1, 0.15) is 0 Å². The van der Waals surface area contributed by atoms with Crippen LogP contribution in [0.1, 0.15) is 26.3 Å². The molecule has 4 heteroatoms. The van der Waals surface area contributed by atoms with Crippen molar-refractivity contribution in [3.8, 4) is 28.2 Å². The average Bonchev–Trinajstić information content (AvgIpc) is 3.09. The van der Waals surface area contributed by atoms with Crippen molar-refractivity contribution < 1.29 is 0 Å². The van der Waals surface area contributed by atoms with E-state index in [1.165, 1.54) is 5.56 Å². The first-order valence-corrected chi connectivity index (χ1v) is 10.1. The molecule has 0 aliphatic rings. The van der Waals surface area contributed by atoms with Gasteiger partial charge >= 0.3 is 0 Å². The van der Waals surface area contributed by atoms with E-state index in [0.717, 1.165) is 28.2 Å². The highest BCUT2D eigenvalue weighted by atomic mass is 79.9. The Labute approximate surface area is 174 Å². The monoisotopic (exact) mass is 431 g/mol. The van der Waals surface area contributed by atoms with Crippen molar-refractivity contribution in [3.63, 3.8) is 0 Å². The van der Waals surface area contributed by atoms with E-state index in [4.69, 9.17) is 0 Å². The fourth-order valence-corrected chi connectivity index (χ4v) is 3.78.